The summed E-state index contributed by atoms with van der Waals surface area (Å²) in [5.41, 5.74) is 2.97. The predicted molar refractivity (Wildman–Crippen MR) is 88.7 cm³/mol. The van der Waals surface area contributed by atoms with Gasteiger partial charge in [0.05, 0.1) is 7.11 Å². The Labute approximate surface area is 126 Å². The third-order valence-corrected chi connectivity index (χ3v) is 5.79. The van der Waals surface area contributed by atoms with E-state index >= 15 is 0 Å². The molecule has 0 aromatic rings. The number of rotatable bonds is 6. The van der Waals surface area contributed by atoms with Crippen LogP contribution >= 0.6 is 0 Å². The van der Waals surface area contributed by atoms with Crippen LogP contribution in [0.4, 0.5) is 0 Å². The molecule has 0 aromatic carbocycles. The van der Waals surface area contributed by atoms with Gasteiger partial charge in [-0.15, -0.1) is 0 Å². The molecule has 0 aliphatic heterocycles. The molecule has 0 spiro atoms. The number of methoxy groups -OCH3 is 1. The molecule has 0 amide bonds. The van der Waals surface area contributed by atoms with Gasteiger partial charge in [-0.05, 0) is 49.2 Å². The Kier molecular flexibility index (Phi) is 5.91. The minimum absolute atomic E-state index is 0.193. The van der Waals surface area contributed by atoms with Crippen molar-refractivity contribution in [2.45, 2.75) is 79.6 Å². The van der Waals surface area contributed by atoms with Crippen molar-refractivity contribution in [3.05, 3.63) is 23.5 Å². The maximum Gasteiger partial charge on any atom is 0.105 e. The van der Waals surface area contributed by atoms with Gasteiger partial charge >= 0.3 is 0 Å². The molecule has 1 rings (SSSR count). The second-order valence-corrected chi connectivity index (χ2v) is 7.03. The van der Waals surface area contributed by atoms with E-state index in [0.717, 1.165) is 12.8 Å². The summed E-state index contributed by atoms with van der Waals surface area (Å²) in [6.45, 7) is 15.9. The molecule has 1 nitrogen and oxygen atoms in total. The molecule has 0 bridgehead atoms. The first-order chi connectivity index (χ1) is 9.34. The third-order valence-electron chi connectivity index (χ3n) is 5.79. The molecule has 0 unspecified atom stereocenters. The predicted octanol–water partition coefficient (Wildman–Crippen LogP) is 6.26. The lowest BCUT2D eigenvalue weighted by Gasteiger charge is -2.38. The van der Waals surface area contributed by atoms with Gasteiger partial charge in [-0.2, -0.15) is 0 Å². The minimum atomic E-state index is 0.193. The fourth-order valence-electron chi connectivity index (χ4n) is 3.68. The van der Waals surface area contributed by atoms with Gasteiger partial charge in [0.2, 0.25) is 0 Å². The van der Waals surface area contributed by atoms with Gasteiger partial charge in [0, 0.05) is 5.41 Å². The topological polar surface area (TPSA) is 9.23 Å². The van der Waals surface area contributed by atoms with Crippen LogP contribution in [0.1, 0.15) is 79.6 Å². The van der Waals surface area contributed by atoms with Crippen molar-refractivity contribution in [1.29, 1.82) is 0 Å². The van der Waals surface area contributed by atoms with E-state index in [9.17, 15) is 0 Å². The zero-order chi connectivity index (χ0) is 15.4. The molecule has 116 valence electrons. The zero-order valence-electron chi connectivity index (χ0n) is 14.6. The number of hydrogen-bond donors (Lipinski definition) is 0. The van der Waals surface area contributed by atoms with Gasteiger partial charge in [-0.3, -0.25) is 0 Å². The van der Waals surface area contributed by atoms with Crippen LogP contribution in [-0.2, 0) is 4.74 Å². The Bertz CT molecular complexity index is 365. The highest BCUT2D eigenvalue weighted by atomic mass is 16.5. The SMILES string of the molecule is C=C(/C(C)=C(\OC)C1(C)CCCCC1)C(C)(CC)CC. The first-order valence-corrected chi connectivity index (χ1v) is 8.29. The monoisotopic (exact) mass is 278 g/mol. The lowest BCUT2D eigenvalue weighted by atomic mass is 9.69. The summed E-state index contributed by atoms with van der Waals surface area (Å²) < 4.78 is 5.88. The highest BCUT2D eigenvalue weighted by Crippen LogP contribution is 2.47. The molecule has 0 saturated heterocycles. The van der Waals surface area contributed by atoms with Gasteiger partial charge in [0.15, 0.2) is 0 Å². The fraction of sp³-hybridized carbons (Fsp3) is 0.789. The summed E-state index contributed by atoms with van der Waals surface area (Å²) in [5.74, 6) is 1.19. The second kappa shape index (κ2) is 6.83. The zero-order valence-corrected chi connectivity index (χ0v) is 14.6. The van der Waals surface area contributed by atoms with Crippen molar-refractivity contribution < 1.29 is 4.74 Å². The molecule has 20 heavy (non-hydrogen) atoms. The molecule has 1 aliphatic carbocycles. The molecule has 0 N–H and O–H groups in total. The van der Waals surface area contributed by atoms with Crippen molar-refractivity contribution >= 4 is 0 Å². The summed E-state index contributed by atoms with van der Waals surface area (Å²) in [7, 11) is 1.83. The highest BCUT2D eigenvalue weighted by molar-refractivity contribution is 5.36. The molecule has 1 fully saturated rings. The van der Waals surface area contributed by atoms with E-state index in [4.69, 9.17) is 4.74 Å². The molecular weight excluding hydrogens is 244 g/mol. The van der Waals surface area contributed by atoms with Crippen LogP contribution in [0.25, 0.3) is 0 Å². The first kappa shape index (κ1) is 17.3. The van der Waals surface area contributed by atoms with Gasteiger partial charge in [0.25, 0.3) is 0 Å². The van der Waals surface area contributed by atoms with Gasteiger partial charge in [-0.1, -0.05) is 53.5 Å². The van der Waals surface area contributed by atoms with E-state index in [-0.39, 0.29) is 10.8 Å². The van der Waals surface area contributed by atoms with Crippen LogP contribution < -0.4 is 0 Å². The average molecular weight is 278 g/mol. The number of hydrogen-bond acceptors (Lipinski definition) is 1. The summed E-state index contributed by atoms with van der Waals surface area (Å²) in [4.78, 5) is 0. The van der Waals surface area contributed by atoms with E-state index in [1.165, 1.54) is 49.0 Å². The Morgan fingerprint density at radius 2 is 1.65 bits per heavy atom. The maximum atomic E-state index is 5.88. The van der Waals surface area contributed by atoms with E-state index in [2.05, 4.69) is 41.2 Å². The standard InChI is InChI=1S/C19H34O/c1-8-18(5,9-2)16(4)15(3)17(20-7)19(6)13-11-10-12-14-19/h4,8-14H2,1-3,5-7H3/b17-15-. The molecule has 1 aliphatic rings. The quantitative estimate of drug-likeness (QED) is 0.411. The van der Waals surface area contributed by atoms with Crippen LogP contribution in [-0.4, -0.2) is 7.11 Å². The molecule has 0 atom stereocenters. The summed E-state index contributed by atoms with van der Waals surface area (Å²) in [6.07, 6.45) is 8.77. The van der Waals surface area contributed by atoms with Crippen molar-refractivity contribution in [3.8, 4) is 0 Å². The minimum Gasteiger partial charge on any atom is -0.500 e. The molecule has 1 saturated carbocycles. The van der Waals surface area contributed by atoms with Crippen molar-refractivity contribution in [2.75, 3.05) is 7.11 Å². The smallest absolute Gasteiger partial charge is 0.105 e. The average Bonchev–Trinajstić information content (AvgIpc) is 2.46. The van der Waals surface area contributed by atoms with Crippen LogP contribution in [0.3, 0.4) is 0 Å². The maximum absolute atomic E-state index is 5.88. The van der Waals surface area contributed by atoms with Crippen molar-refractivity contribution in [2.24, 2.45) is 10.8 Å². The third kappa shape index (κ3) is 3.30. The normalized spacial score (nSPS) is 20.3. The van der Waals surface area contributed by atoms with E-state index < -0.39 is 0 Å². The molecule has 0 heterocycles. The van der Waals surface area contributed by atoms with Crippen LogP contribution in [0.15, 0.2) is 23.5 Å². The Balaban J connectivity index is 3.15. The van der Waals surface area contributed by atoms with E-state index in [1.54, 1.807) is 0 Å². The summed E-state index contributed by atoms with van der Waals surface area (Å²) in [6, 6.07) is 0. The molecular formula is C19H34O. The van der Waals surface area contributed by atoms with Crippen LogP contribution in [0.2, 0.25) is 0 Å². The van der Waals surface area contributed by atoms with Crippen LogP contribution in [0, 0.1) is 10.8 Å². The summed E-state index contributed by atoms with van der Waals surface area (Å²) >= 11 is 0. The molecule has 0 radical (unpaired) electrons. The lowest BCUT2D eigenvalue weighted by molar-refractivity contribution is 0.136. The second-order valence-electron chi connectivity index (χ2n) is 7.03. The largest absolute Gasteiger partial charge is 0.500 e. The fourth-order valence-corrected chi connectivity index (χ4v) is 3.68. The Hall–Kier alpha value is -0.720. The lowest BCUT2D eigenvalue weighted by Crippen LogP contribution is -2.27. The van der Waals surface area contributed by atoms with Gasteiger partial charge in [0.1, 0.15) is 5.76 Å². The van der Waals surface area contributed by atoms with Crippen molar-refractivity contribution in [1.82, 2.24) is 0 Å². The van der Waals surface area contributed by atoms with E-state index in [0.29, 0.717) is 0 Å². The molecule has 1 heteroatoms. The van der Waals surface area contributed by atoms with Crippen LogP contribution in [0.5, 0.6) is 0 Å². The van der Waals surface area contributed by atoms with Crippen molar-refractivity contribution in [3.63, 3.8) is 0 Å². The van der Waals surface area contributed by atoms with E-state index in [1.807, 2.05) is 7.11 Å². The summed E-state index contributed by atoms with van der Waals surface area (Å²) in [5, 5.41) is 0. The number of allylic oxidation sites excluding steroid dienone is 3. The van der Waals surface area contributed by atoms with Gasteiger partial charge < -0.3 is 4.74 Å². The highest BCUT2D eigenvalue weighted by Gasteiger charge is 2.35. The Morgan fingerprint density at radius 1 is 1.15 bits per heavy atom. The number of ether oxygens (including phenoxy) is 1. The van der Waals surface area contributed by atoms with Gasteiger partial charge in [-0.25, -0.2) is 0 Å². The first-order valence-electron chi connectivity index (χ1n) is 8.29. The molecule has 0 aromatic heterocycles. The Morgan fingerprint density at radius 3 is 2.05 bits per heavy atom.